The number of hydrogen-bond acceptors (Lipinski definition) is 5. The summed E-state index contributed by atoms with van der Waals surface area (Å²) in [4.78, 5) is 10.5. The first-order valence-electron chi connectivity index (χ1n) is 5.43. The first-order chi connectivity index (χ1) is 8.50. The van der Waals surface area contributed by atoms with Crippen molar-refractivity contribution in [1.29, 1.82) is 0 Å². The molecule has 1 aromatic heterocycles. The molecular formula is C10H12BrN3O4. The maximum Gasteiger partial charge on any atom is 0.306 e. The summed E-state index contributed by atoms with van der Waals surface area (Å²) in [6.07, 6.45) is 0.987. The Morgan fingerprint density at radius 1 is 1.72 bits per heavy atom. The minimum Gasteiger partial charge on any atom is -0.618 e. The van der Waals surface area contributed by atoms with Gasteiger partial charge >= 0.3 is 5.69 Å². The predicted molar refractivity (Wildman–Crippen MR) is 67.3 cm³/mol. The Kier molecular flexibility index (Phi) is 3.67. The van der Waals surface area contributed by atoms with Crippen molar-refractivity contribution in [3.8, 4) is 0 Å². The topological polar surface area (TPSA) is 91.3 Å². The van der Waals surface area contributed by atoms with Crippen molar-refractivity contribution < 1.29 is 14.4 Å². The fourth-order valence-electron chi connectivity index (χ4n) is 1.71. The molecule has 0 radical (unpaired) electrons. The van der Waals surface area contributed by atoms with E-state index in [0.717, 1.165) is 13.0 Å². The van der Waals surface area contributed by atoms with Crippen molar-refractivity contribution in [3.05, 3.63) is 31.7 Å². The number of aromatic nitrogens is 1. The maximum absolute atomic E-state index is 11.7. The largest absolute Gasteiger partial charge is 0.618 e. The van der Waals surface area contributed by atoms with Gasteiger partial charge in [-0.1, -0.05) is 0 Å². The lowest BCUT2D eigenvalue weighted by molar-refractivity contribution is -0.623. The first kappa shape index (κ1) is 13.0. The van der Waals surface area contributed by atoms with Crippen molar-refractivity contribution >= 4 is 27.3 Å². The minimum absolute atomic E-state index is 0.0627. The Bertz CT molecular complexity index is 491. The Morgan fingerprint density at radius 2 is 2.39 bits per heavy atom. The number of rotatable bonds is 4. The highest BCUT2D eigenvalue weighted by molar-refractivity contribution is 9.10. The number of anilines is 1. The van der Waals surface area contributed by atoms with Gasteiger partial charge in [0.2, 0.25) is 5.69 Å². The summed E-state index contributed by atoms with van der Waals surface area (Å²) < 4.78 is 5.95. The number of nitro groups is 1. The molecule has 0 bridgehead atoms. The molecule has 8 heteroatoms. The molecule has 1 saturated heterocycles. The van der Waals surface area contributed by atoms with Crippen LogP contribution < -0.4 is 10.0 Å². The average Bonchev–Trinajstić information content (AvgIpc) is 2.26. The van der Waals surface area contributed by atoms with E-state index in [1.54, 1.807) is 0 Å². The zero-order chi connectivity index (χ0) is 13.3. The molecule has 98 valence electrons. The van der Waals surface area contributed by atoms with Crippen molar-refractivity contribution in [2.75, 3.05) is 18.5 Å². The molecule has 1 N–H and O–H groups in total. The van der Waals surface area contributed by atoms with Crippen LogP contribution in [0, 0.1) is 22.2 Å². The zero-order valence-electron chi connectivity index (χ0n) is 9.68. The highest BCUT2D eigenvalue weighted by Gasteiger charge is 2.27. The van der Waals surface area contributed by atoms with Crippen LogP contribution in [-0.2, 0) is 4.74 Å². The van der Waals surface area contributed by atoms with E-state index in [0.29, 0.717) is 11.3 Å². The molecule has 1 atom stereocenters. The fourth-order valence-corrected chi connectivity index (χ4v) is 2.20. The second kappa shape index (κ2) is 5.07. The van der Waals surface area contributed by atoms with Gasteiger partial charge in [0.25, 0.3) is 4.60 Å². The third-order valence-corrected chi connectivity index (χ3v) is 3.42. The summed E-state index contributed by atoms with van der Waals surface area (Å²) >= 11 is 3.00. The lowest BCUT2D eigenvalue weighted by Gasteiger charge is -2.26. The van der Waals surface area contributed by atoms with Gasteiger partial charge in [0.05, 0.1) is 17.1 Å². The SMILES string of the molecule is Cc1c(NCC2CCO2)c([N+](=O)[O-])cc(Br)[n+]1[O-]. The van der Waals surface area contributed by atoms with Crippen LogP contribution in [0.25, 0.3) is 0 Å². The molecular weight excluding hydrogens is 306 g/mol. The molecule has 0 amide bonds. The summed E-state index contributed by atoms with van der Waals surface area (Å²) in [6.45, 7) is 2.72. The quantitative estimate of drug-likeness (QED) is 0.299. The maximum atomic E-state index is 11.7. The monoisotopic (exact) mass is 317 g/mol. The van der Waals surface area contributed by atoms with Gasteiger partial charge in [-0.3, -0.25) is 10.1 Å². The third kappa shape index (κ3) is 2.39. The van der Waals surface area contributed by atoms with Crippen molar-refractivity contribution in [2.24, 2.45) is 0 Å². The molecule has 2 rings (SSSR count). The number of pyridine rings is 1. The van der Waals surface area contributed by atoms with E-state index in [-0.39, 0.29) is 27.8 Å². The molecule has 0 saturated carbocycles. The summed E-state index contributed by atoms with van der Waals surface area (Å²) in [7, 11) is 0. The smallest absolute Gasteiger partial charge is 0.306 e. The summed E-state index contributed by atoms with van der Waals surface area (Å²) in [6, 6.07) is 1.20. The number of hydrogen-bond donors (Lipinski definition) is 1. The molecule has 1 fully saturated rings. The lowest BCUT2D eigenvalue weighted by atomic mass is 10.2. The normalized spacial score (nSPS) is 18.2. The van der Waals surface area contributed by atoms with Crippen LogP contribution in [0.4, 0.5) is 11.4 Å². The lowest BCUT2D eigenvalue weighted by Crippen LogP contribution is -2.36. The average molecular weight is 318 g/mol. The van der Waals surface area contributed by atoms with E-state index in [9.17, 15) is 15.3 Å². The van der Waals surface area contributed by atoms with Crippen LogP contribution in [0.3, 0.4) is 0 Å². The fraction of sp³-hybridized carbons (Fsp3) is 0.500. The predicted octanol–water partition coefficient (Wildman–Crippen LogP) is 1.50. The Balaban J connectivity index is 2.29. The number of halogens is 1. The van der Waals surface area contributed by atoms with E-state index >= 15 is 0 Å². The molecule has 1 aromatic rings. The second-order valence-electron chi connectivity index (χ2n) is 4.03. The standard InChI is InChI=1S/C10H12BrN3O4/c1-6-10(12-5-7-2-3-18-7)8(14(16)17)4-9(11)13(6)15/h4,7,12H,2-3,5H2,1H3. The van der Waals surface area contributed by atoms with Gasteiger partial charge in [-0.15, -0.1) is 0 Å². The van der Waals surface area contributed by atoms with E-state index < -0.39 is 4.92 Å². The number of nitrogens with zero attached hydrogens (tertiary/aromatic N) is 2. The number of nitrogens with one attached hydrogen (secondary N) is 1. The Labute approximate surface area is 112 Å². The van der Waals surface area contributed by atoms with Gasteiger partial charge in [-0.2, -0.15) is 4.73 Å². The Morgan fingerprint density at radius 3 is 2.89 bits per heavy atom. The van der Waals surface area contributed by atoms with Gasteiger partial charge in [0.1, 0.15) is 0 Å². The molecule has 0 aromatic carbocycles. The zero-order valence-corrected chi connectivity index (χ0v) is 11.3. The molecule has 7 nitrogen and oxygen atoms in total. The highest BCUT2D eigenvalue weighted by Crippen LogP contribution is 2.29. The van der Waals surface area contributed by atoms with Gasteiger partial charge in [0.15, 0.2) is 5.69 Å². The molecule has 1 aliphatic heterocycles. The molecule has 18 heavy (non-hydrogen) atoms. The molecule has 0 aliphatic carbocycles. The van der Waals surface area contributed by atoms with Gasteiger partial charge in [-0.05, 0) is 6.42 Å². The van der Waals surface area contributed by atoms with E-state index in [1.807, 2.05) is 0 Å². The summed E-state index contributed by atoms with van der Waals surface area (Å²) in [5.74, 6) is 0. The molecule has 0 spiro atoms. The summed E-state index contributed by atoms with van der Waals surface area (Å²) in [5.41, 5.74) is 0.384. The van der Waals surface area contributed by atoms with E-state index in [1.165, 1.54) is 13.0 Å². The van der Waals surface area contributed by atoms with Crippen LogP contribution in [0.2, 0.25) is 0 Å². The van der Waals surface area contributed by atoms with Crippen LogP contribution in [0.5, 0.6) is 0 Å². The van der Waals surface area contributed by atoms with Crippen LogP contribution in [0.1, 0.15) is 12.1 Å². The molecule has 1 unspecified atom stereocenters. The molecule has 1 aliphatic rings. The van der Waals surface area contributed by atoms with Gasteiger partial charge in [-0.25, -0.2) is 0 Å². The van der Waals surface area contributed by atoms with E-state index in [4.69, 9.17) is 4.74 Å². The summed E-state index contributed by atoms with van der Waals surface area (Å²) in [5, 5.41) is 25.6. The number of ether oxygens (including phenoxy) is 1. The van der Waals surface area contributed by atoms with Gasteiger partial charge < -0.3 is 15.3 Å². The van der Waals surface area contributed by atoms with Gasteiger partial charge in [0, 0.05) is 36.0 Å². The molecule has 2 heterocycles. The van der Waals surface area contributed by atoms with Crippen molar-refractivity contribution in [3.63, 3.8) is 0 Å². The van der Waals surface area contributed by atoms with E-state index in [2.05, 4.69) is 21.2 Å². The van der Waals surface area contributed by atoms with Crippen molar-refractivity contribution in [2.45, 2.75) is 19.4 Å². The van der Waals surface area contributed by atoms with Crippen molar-refractivity contribution in [1.82, 2.24) is 0 Å². The minimum atomic E-state index is -0.512. The Hall–Kier alpha value is -1.41. The van der Waals surface area contributed by atoms with Crippen LogP contribution in [0.15, 0.2) is 10.7 Å². The third-order valence-electron chi connectivity index (χ3n) is 2.87. The van der Waals surface area contributed by atoms with Crippen LogP contribution in [-0.4, -0.2) is 24.2 Å². The van der Waals surface area contributed by atoms with Crippen LogP contribution >= 0.6 is 15.9 Å². The first-order valence-corrected chi connectivity index (χ1v) is 6.22. The highest BCUT2D eigenvalue weighted by atomic mass is 79.9. The second-order valence-corrected chi connectivity index (χ2v) is 4.84.